The summed E-state index contributed by atoms with van der Waals surface area (Å²) < 4.78 is 10.6. The van der Waals surface area contributed by atoms with Crippen molar-refractivity contribution >= 4 is 18.3 Å². The highest BCUT2D eigenvalue weighted by Crippen LogP contribution is 2.30. The van der Waals surface area contributed by atoms with Crippen molar-refractivity contribution in [2.24, 2.45) is 0 Å². The second-order valence-corrected chi connectivity index (χ2v) is 6.25. The van der Waals surface area contributed by atoms with Crippen LogP contribution in [0.1, 0.15) is 29.7 Å². The van der Waals surface area contributed by atoms with E-state index >= 15 is 0 Å². The van der Waals surface area contributed by atoms with Gasteiger partial charge < -0.3 is 20.1 Å². The Bertz CT molecular complexity index is 766. The SMILES string of the molecule is COc1ccc(C(C)NC(=O)C2Cc3ccccc3CN2)cc1OC.Cl. The molecule has 2 unspecified atom stereocenters. The summed E-state index contributed by atoms with van der Waals surface area (Å²) in [5.74, 6) is 1.35. The Balaban J connectivity index is 0.00000243. The lowest BCUT2D eigenvalue weighted by Crippen LogP contribution is -2.48. The number of carbonyl (C=O) groups is 1. The molecule has 1 amide bonds. The molecule has 3 rings (SSSR count). The zero-order valence-corrected chi connectivity index (χ0v) is 16.1. The Labute approximate surface area is 160 Å². The number of ether oxygens (including phenoxy) is 2. The van der Waals surface area contributed by atoms with Gasteiger partial charge >= 0.3 is 0 Å². The second-order valence-electron chi connectivity index (χ2n) is 6.25. The predicted molar refractivity (Wildman–Crippen MR) is 104 cm³/mol. The van der Waals surface area contributed by atoms with Crippen molar-refractivity contribution in [3.05, 3.63) is 59.2 Å². The lowest BCUT2D eigenvalue weighted by molar-refractivity contribution is -0.124. The Morgan fingerprint density at radius 2 is 1.81 bits per heavy atom. The molecule has 0 radical (unpaired) electrons. The highest BCUT2D eigenvalue weighted by Gasteiger charge is 2.25. The molecule has 26 heavy (non-hydrogen) atoms. The fourth-order valence-corrected chi connectivity index (χ4v) is 3.16. The molecule has 0 aromatic heterocycles. The van der Waals surface area contributed by atoms with Gasteiger partial charge in [-0.05, 0) is 42.2 Å². The van der Waals surface area contributed by atoms with Crippen LogP contribution in [0.25, 0.3) is 0 Å². The zero-order chi connectivity index (χ0) is 17.8. The number of benzene rings is 2. The summed E-state index contributed by atoms with van der Waals surface area (Å²) in [4.78, 5) is 12.6. The second kappa shape index (κ2) is 8.92. The number of methoxy groups -OCH3 is 2. The molecule has 5 nitrogen and oxygen atoms in total. The van der Waals surface area contributed by atoms with E-state index < -0.39 is 0 Å². The van der Waals surface area contributed by atoms with E-state index in [1.165, 1.54) is 11.1 Å². The van der Waals surface area contributed by atoms with Crippen LogP contribution in [0, 0.1) is 0 Å². The van der Waals surface area contributed by atoms with Gasteiger partial charge in [-0.25, -0.2) is 0 Å². The molecule has 2 aromatic rings. The number of halogens is 1. The van der Waals surface area contributed by atoms with Crippen LogP contribution in [0.3, 0.4) is 0 Å². The largest absolute Gasteiger partial charge is 0.493 e. The number of carbonyl (C=O) groups excluding carboxylic acids is 1. The zero-order valence-electron chi connectivity index (χ0n) is 15.2. The quantitative estimate of drug-likeness (QED) is 0.842. The van der Waals surface area contributed by atoms with Crippen LogP contribution in [0.4, 0.5) is 0 Å². The Morgan fingerprint density at radius 1 is 1.12 bits per heavy atom. The summed E-state index contributed by atoms with van der Waals surface area (Å²) >= 11 is 0. The average Bonchev–Trinajstić information content (AvgIpc) is 2.66. The molecule has 140 valence electrons. The minimum absolute atomic E-state index is 0. The summed E-state index contributed by atoms with van der Waals surface area (Å²) in [5, 5.41) is 6.40. The predicted octanol–water partition coefficient (Wildman–Crippen LogP) is 3.02. The molecule has 1 aliphatic heterocycles. The summed E-state index contributed by atoms with van der Waals surface area (Å²) in [6.45, 7) is 2.69. The van der Waals surface area contributed by atoms with Gasteiger partial charge in [0.15, 0.2) is 11.5 Å². The molecule has 0 saturated carbocycles. The number of hydrogen-bond donors (Lipinski definition) is 2. The molecule has 0 aliphatic carbocycles. The van der Waals surface area contributed by atoms with Crippen LogP contribution in [0.2, 0.25) is 0 Å². The van der Waals surface area contributed by atoms with Gasteiger partial charge in [-0.1, -0.05) is 30.3 Å². The van der Waals surface area contributed by atoms with Crippen molar-refractivity contribution in [1.29, 1.82) is 0 Å². The number of nitrogens with one attached hydrogen (secondary N) is 2. The summed E-state index contributed by atoms with van der Waals surface area (Å²) in [7, 11) is 3.21. The van der Waals surface area contributed by atoms with E-state index in [9.17, 15) is 4.79 Å². The number of fused-ring (bicyclic) bond motifs is 1. The van der Waals surface area contributed by atoms with Gasteiger partial charge in [0, 0.05) is 6.54 Å². The summed E-state index contributed by atoms with van der Waals surface area (Å²) in [5.41, 5.74) is 3.47. The molecule has 0 spiro atoms. The van der Waals surface area contributed by atoms with Crippen molar-refractivity contribution < 1.29 is 14.3 Å². The maximum Gasteiger partial charge on any atom is 0.237 e. The van der Waals surface area contributed by atoms with Crippen molar-refractivity contribution in [2.45, 2.75) is 32.0 Å². The van der Waals surface area contributed by atoms with Crippen LogP contribution in [0.15, 0.2) is 42.5 Å². The molecule has 6 heteroatoms. The van der Waals surface area contributed by atoms with Crippen LogP contribution in [-0.2, 0) is 17.8 Å². The van der Waals surface area contributed by atoms with Gasteiger partial charge in [-0.2, -0.15) is 0 Å². The van der Waals surface area contributed by atoms with Gasteiger partial charge in [0.05, 0.1) is 26.3 Å². The van der Waals surface area contributed by atoms with Crippen molar-refractivity contribution in [3.63, 3.8) is 0 Å². The molecule has 0 saturated heterocycles. The number of rotatable bonds is 5. The smallest absolute Gasteiger partial charge is 0.237 e. The van der Waals surface area contributed by atoms with Gasteiger partial charge in [0.25, 0.3) is 0 Å². The fourth-order valence-electron chi connectivity index (χ4n) is 3.16. The minimum atomic E-state index is -0.211. The van der Waals surface area contributed by atoms with Crippen molar-refractivity contribution in [2.75, 3.05) is 14.2 Å². The van der Waals surface area contributed by atoms with Gasteiger partial charge in [-0.3, -0.25) is 4.79 Å². The van der Waals surface area contributed by atoms with E-state index in [0.29, 0.717) is 17.9 Å². The molecule has 1 heterocycles. The van der Waals surface area contributed by atoms with E-state index in [1.807, 2.05) is 37.3 Å². The first-order valence-electron chi connectivity index (χ1n) is 8.45. The Kier molecular flexibility index (Phi) is 6.89. The maximum absolute atomic E-state index is 12.6. The fraction of sp³-hybridized carbons (Fsp3) is 0.350. The molecule has 1 aliphatic rings. The molecule has 2 N–H and O–H groups in total. The maximum atomic E-state index is 12.6. The minimum Gasteiger partial charge on any atom is -0.493 e. The third kappa shape index (κ3) is 4.29. The average molecular weight is 377 g/mol. The monoisotopic (exact) mass is 376 g/mol. The summed E-state index contributed by atoms with van der Waals surface area (Å²) in [6.07, 6.45) is 0.709. The third-order valence-corrected chi connectivity index (χ3v) is 4.66. The first-order valence-corrected chi connectivity index (χ1v) is 8.45. The molecular formula is C20H25ClN2O3. The van der Waals surface area contributed by atoms with E-state index in [-0.39, 0.29) is 30.4 Å². The Morgan fingerprint density at radius 3 is 2.50 bits per heavy atom. The standard InChI is InChI=1S/C20H24N2O3.ClH/c1-13(14-8-9-18(24-2)19(11-14)25-3)22-20(23)17-10-15-6-4-5-7-16(15)12-21-17;/h4-9,11,13,17,21H,10,12H2,1-3H3,(H,22,23);1H. The van der Waals surface area contributed by atoms with Crippen LogP contribution in [0.5, 0.6) is 11.5 Å². The van der Waals surface area contributed by atoms with Gasteiger partial charge in [-0.15, -0.1) is 12.4 Å². The number of hydrogen-bond acceptors (Lipinski definition) is 4. The lowest BCUT2D eigenvalue weighted by Gasteiger charge is -2.27. The topological polar surface area (TPSA) is 59.6 Å². The van der Waals surface area contributed by atoms with Crippen LogP contribution >= 0.6 is 12.4 Å². The van der Waals surface area contributed by atoms with E-state index in [4.69, 9.17) is 9.47 Å². The third-order valence-electron chi connectivity index (χ3n) is 4.66. The van der Waals surface area contributed by atoms with Gasteiger partial charge in [0.1, 0.15) is 0 Å². The molecule has 0 fully saturated rings. The molecule has 2 atom stereocenters. The number of amides is 1. The van der Waals surface area contributed by atoms with Crippen molar-refractivity contribution in [3.8, 4) is 11.5 Å². The van der Waals surface area contributed by atoms with Crippen molar-refractivity contribution in [1.82, 2.24) is 10.6 Å². The molecule has 0 bridgehead atoms. The first-order chi connectivity index (χ1) is 12.1. The highest BCUT2D eigenvalue weighted by molar-refractivity contribution is 5.85. The lowest BCUT2D eigenvalue weighted by atomic mass is 9.95. The van der Waals surface area contributed by atoms with Gasteiger partial charge in [0.2, 0.25) is 5.91 Å². The van der Waals surface area contributed by atoms with E-state index in [0.717, 1.165) is 12.1 Å². The summed E-state index contributed by atoms with van der Waals surface area (Å²) in [6, 6.07) is 13.6. The van der Waals surface area contributed by atoms with E-state index in [1.54, 1.807) is 14.2 Å². The normalized spacial score (nSPS) is 16.7. The van der Waals surface area contributed by atoms with E-state index in [2.05, 4.69) is 22.8 Å². The van der Waals surface area contributed by atoms with Crippen LogP contribution < -0.4 is 20.1 Å². The molecule has 2 aromatic carbocycles. The Hall–Kier alpha value is -2.24. The molecular weight excluding hydrogens is 352 g/mol. The highest BCUT2D eigenvalue weighted by atomic mass is 35.5. The first kappa shape index (κ1) is 20.1. The van der Waals surface area contributed by atoms with Crippen LogP contribution in [-0.4, -0.2) is 26.2 Å².